The smallest absolute Gasteiger partial charge is 0.234 e. The highest BCUT2D eigenvalue weighted by Gasteiger charge is 2.11. The summed E-state index contributed by atoms with van der Waals surface area (Å²) in [5, 5.41) is 9.90. The molecule has 0 bridgehead atoms. The standard InChI is InChI=1S/C13H19N3OS/c1-3-9(2)10-6-4-5-7-11(10)16-12(17)8-18-13(14)15/h4-7,9H,3,8H2,1-2H3,(H3,14,15)(H,16,17)/t9-/m1/s1. The van der Waals surface area contributed by atoms with Crippen LogP contribution in [0.1, 0.15) is 31.7 Å². The van der Waals surface area contributed by atoms with Crippen LogP contribution in [0.3, 0.4) is 0 Å². The molecule has 1 amide bonds. The van der Waals surface area contributed by atoms with E-state index in [1.165, 1.54) is 0 Å². The van der Waals surface area contributed by atoms with Gasteiger partial charge in [-0.1, -0.05) is 43.8 Å². The summed E-state index contributed by atoms with van der Waals surface area (Å²) < 4.78 is 0. The van der Waals surface area contributed by atoms with Crippen LogP contribution in [0.15, 0.2) is 24.3 Å². The van der Waals surface area contributed by atoms with Crippen LogP contribution in [0.2, 0.25) is 0 Å². The van der Waals surface area contributed by atoms with E-state index < -0.39 is 0 Å². The van der Waals surface area contributed by atoms with E-state index in [0.717, 1.165) is 29.4 Å². The van der Waals surface area contributed by atoms with Crippen LogP contribution in [0, 0.1) is 5.41 Å². The molecule has 1 aromatic carbocycles. The first kappa shape index (κ1) is 14.6. The van der Waals surface area contributed by atoms with E-state index in [1.54, 1.807) is 0 Å². The second-order valence-corrected chi connectivity index (χ2v) is 5.11. The number of hydrogen-bond donors (Lipinski definition) is 3. The van der Waals surface area contributed by atoms with Crippen molar-refractivity contribution in [2.24, 2.45) is 5.73 Å². The molecule has 0 heterocycles. The SMILES string of the molecule is CC[C@@H](C)c1ccccc1NC(=O)CSC(=N)N. The van der Waals surface area contributed by atoms with E-state index in [9.17, 15) is 4.79 Å². The highest BCUT2D eigenvalue weighted by Crippen LogP contribution is 2.26. The lowest BCUT2D eigenvalue weighted by Gasteiger charge is -2.15. The number of amides is 1. The number of benzene rings is 1. The third-order valence-corrected chi connectivity index (χ3v) is 3.45. The number of rotatable bonds is 5. The van der Waals surface area contributed by atoms with Crippen LogP contribution >= 0.6 is 11.8 Å². The van der Waals surface area contributed by atoms with E-state index in [2.05, 4.69) is 19.2 Å². The summed E-state index contributed by atoms with van der Waals surface area (Å²) in [5.41, 5.74) is 7.19. The number of nitrogens with one attached hydrogen (secondary N) is 2. The van der Waals surface area contributed by atoms with Crippen molar-refractivity contribution in [3.05, 3.63) is 29.8 Å². The summed E-state index contributed by atoms with van der Waals surface area (Å²) >= 11 is 1.03. The third kappa shape index (κ3) is 4.41. The van der Waals surface area contributed by atoms with E-state index in [-0.39, 0.29) is 16.8 Å². The molecule has 18 heavy (non-hydrogen) atoms. The van der Waals surface area contributed by atoms with Crippen molar-refractivity contribution in [2.45, 2.75) is 26.2 Å². The lowest BCUT2D eigenvalue weighted by Crippen LogP contribution is -2.18. The van der Waals surface area contributed by atoms with Crippen molar-refractivity contribution in [3.63, 3.8) is 0 Å². The minimum Gasteiger partial charge on any atom is -0.379 e. The van der Waals surface area contributed by atoms with Crippen LogP contribution in [0.4, 0.5) is 5.69 Å². The molecule has 0 aromatic heterocycles. The lowest BCUT2D eigenvalue weighted by molar-refractivity contribution is -0.113. The largest absolute Gasteiger partial charge is 0.379 e. The molecule has 0 unspecified atom stereocenters. The fraction of sp³-hybridized carbons (Fsp3) is 0.385. The van der Waals surface area contributed by atoms with E-state index >= 15 is 0 Å². The molecule has 0 fully saturated rings. The zero-order valence-electron chi connectivity index (χ0n) is 10.7. The fourth-order valence-corrected chi connectivity index (χ4v) is 1.95. The Balaban J connectivity index is 2.72. The molecule has 0 aliphatic carbocycles. The van der Waals surface area contributed by atoms with Gasteiger partial charge in [0.25, 0.3) is 0 Å². The highest BCUT2D eigenvalue weighted by molar-refractivity contribution is 8.14. The van der Waals surface area contributed by atoms with E-state index in [1.807, 2.05) is 24.3 Å². The number of thioether (sulfide) groups is 1. The van der Waals surface area contributed by atoms with Gasteiger partial charge in [-0.15, -0.1) is 0 Å². The van der Waals surface area contributed by atoms with Gasteiger partial charge >= 0.3 is 0 Å². The molecule has 0 radical (unpaired) electrons. The molecule has 0 aliphatic rings. The second-order valence-electron chi connectivity index (χ2n) is 4.10. The molecule has 0 spiro atoms. The van der Waals surface area contributed by atoms with E-state index in [4.69, 9.17) is 11.1 Å². The van der Waals surface area contributed by atoms with Gasteiger partial charge < -0.3 is 11.1 Å². The zero-order chi connectivity index (χ0) is 13.5. The fourth-order valence-electron chi connectivity index (χ4n) is 1.59. The van der Waals surface area contributed by atoms with E-state index in [0.29, 0.717) is 5.92 Å². The minimum absolute atomic E-state index is 0.0413. The molecule has 0 saturated heterocycles. The molecule has 1 atom stereocenters. The molecule has 4 nitrogen and oxygen atoms in total. The number of carbonyl (C=O) groups is 1. The van der Waals surface area contributed by atoms with Crippen LogP contribution < -0.4 is 11.1 Å². The minimum atomic E-state index is -0.133. The van der Waals surface area contributed by atoms with Gasteiger partial charge in [-0.05, 0) is 24.0 Å². The molecular formula is C13H19N3OS. The predicted molar refractivity (Wildman–Crippen MR) is 78.1 cm³/mol. The lowest BCUT2D eigenvalue weighted by atomic mass is 9.97. The van der Waals surface area contributed by atoms with Gasteiger partial charge in [0.05, 0.1) is 5.75 Å². The molecule has 0 aliphatic heterocycles. The molecule has 5 heteroatoms. The maximum atomic E-state index is 11.7. The first-order valence-corrected chi connectivity index (χ1v) is 6.88. The monoisotopic (exact) mass is 265 g/mol. The van der Waals surface area contributed by atoms with Gasteiger partial charge in [0.15, 0.2) is 5.17 Å². The normalized spacial score (nSPS) is 11.9. The van der Waals surface area contributed by atoms with Gasteiger partial charge in [-0.3, -0.25) is 10.2 Å². The number of carbonyl (C=O) groups excluding carboxylic acids is 1. The number of para-hydroxylation sites is 1. The second kappa shape index (κ2) is 7.06. The number of nitrogens with two attached hydrogens (primary N) is 1. The van der Waals surface area contributed by atoms with Gasteiger partial charge in [-0.2, -0.15) is 0 Å². The maximum absolute atomic E-state index is 11.7. The van der Waals surface area contributed by atoms with Crippen molar-refractivity contribution in [2.75, 3.05) is 11.1 Å². The summed E-state index contributed by atoms with van der Waals surface area (Å²) in [7, 11) is 0. The zero-order valence-corrected chi connectivity index (χ0v) is 11.5. The van der Waals surface area contributed by atoms with Gasteiger partial charge in [0.1, 0.15) is 0 Å². The van der Waals surface area contributed by atoms with Gasteiger partial charge in [-0.25, -0.2) is 0 Å². The quantitative estimate of drug-likeness (QED) is 0.566. The Kier molecular flexibility index (Phi) is 5.71. The van der Waals surface area contributed by atoms with Crippen molar-refractivity contribution in [1.82, 2.24) is 0 Å². The Morgan fingerprint density at radius 1 is 1.50 bits per heavy atom. The number of hydrogen-bond acceptors (Lipinski definition) is 3. The van der Waals surface area contributed by atoms with Crippen LogP contribution in [-0.4, -0.2) is 16.8 Å². The Hall–Kier alpha value is -1.49. The van der Waals surface area contributed by atoms with Crippen molar-refractivity contribution < 1.29 is 4.79 Å². The Labute approximate surface area is 112 Å². The Bertz CT molecular complexity index is 434. The molecule has 1 rings (SSSR count). The summed E-state index contributed by atoms with van der Waals surface area (Å²) in [4.78, 5) is 11.7. The Morgan fingerprint density at radius 2 is 2.17 bits per heavy atom. The van der Waals surface area contributed by atoms with Crippen LogP contribution in [-0.2, 0) is 4.79 Å². The van der Waals surface area contributed by atoms with Crippen molar-refractivity contribution >= 4 is 28.5 Å². The third-order valence-electron chi connectivity index (χ3n) is 2.74. The predicted octanol–water partition coefficient (Wildman–Crippen LogP) is 2.77. The van der Waals surface area contributed by atoms with Crippen LogP contribution in [0.25, 0.3) is 0 Å². The molecule has 4 N–H and O–H groups in total. The summed E-state index contributed by atoms with van der Waals surface area (Å²) in [6.07, 6.45) is 1.02. The number of anilines is 1. The average molecular weight is 265 g/mol. The first-order valence-electron chi connectivity index (χ1n) is 5.90. The van der Waals surface area contributed by atoms with Crippen LogP contribution in [0.5, 0.6) is 0 Å². The highest BCUT2D eigenvalue weighted by atomic mass is 32.2. The average Bonchev–Trinajstić information content (AvgIpc) is 2.36. The van der Waals surface area contributed by atoms with Crippen molar-refractivity contribution in [3.8, 4) is 0 Å². The maximum Gasteiger partial charge on any atom is 0.234 e. The first-order chi connectivity index (χ1) is 8.54. The Morgan fingerprint density at radius 3 is 2.78 bits per heavy atom. The van der Waals surface area contributed by atoms with Crippen molar-refractivity contribution in [1.29, 1.82) is 5.41 Å². The summed E-state index contributed by atoms with van der Waals surface area (Å²) in [5.74, 6) is 0.442. The number of amidine groups is 1. The summed E-state index contributed by atoms with van der Waals surface area (Å²) in [6, 6.07) is 7.81. The van der Waals surface area contributed by atoms with Gasteiger partial charge in [0, 0.05) is 5.69 Å². The molecular weight excluding hydrogens is 246 g/mol. The summed E-state index contributed by atoms with van der Waals surface area (Å²) in [6.45, 7) is 4.25. The molecule has 1 aromatic rings. The molecule has 0 saturated carbocycles. The molecule has 98 valence electrons. The van der Waals surface area contributed by atoms with Gasteiger partial charge in [0.2, 0.25) is 5.91 Å². The topological polar surface area (TPSA) is 79.0 Å².